The highest BCUT2D eigenvalue weighted by molar-refractivity contribution is 9.10. The molecular formula is C26H39BrN2O3S. The fourth-order valence-corrected chi connectivity index (χ4v) is 8.15. The second kappa shape index (κ2) is 9.44. The molecule has 1 spiro atoms. The first kappa shape index (κ1) is 27.0. The first-order valence-corrected chi connectivity index (χ1v) is 13.8. The number of rotatable bonds is 6. The van der Waals surface area contributed by atoms with Crippen LogP contribution in [0.2, 0.25) is 0 Å². The Bertz CT molecular complexity index is 902. The van der Waals surface area contributed by atoms with Gasteiger partial charge in [-0.05, 0) is 89.0 Å². The van der Waals surface area contributed by atoms with E-state index in [1.165, 1.54) is 5.56 Å². The highest BCUT2D eigenvalue weighted by Gasteiger charge is 2.71. The molecule has 0 saturated heterocycles. The topological polar surface area (TPSA) is 77.3 Å². The SMILES string of the molecule is CCOC(C)(C#N)[C@]1(N[S+]([O-])C(C)(C)C)c2cc(Br)ccc2C[C@@]12C[C@@H](C)[C@H](OC)[C@@H](C)C2. The van der Waals surface area contributed by atoms with Crippen LogP contribution < -0.4 is 4.72 Å². The summed E-state index contributed by atoms with van der Waals surface area (Å²) in [4.78, 5) is 0. The van der Waals surface area contributed by atoms with Crippen LogP contribution in [0, 0.1) is 28.6 Å². The highest BCUT2D eigenvalue weighted by atomic mass is 79.9. The fraction of sp³-hybridized carbons (Fsp3) is 0.731. The third-order valence-electron chi connectivity index (χ3n) is 7.78. The largest absolute Gasteiger partial charge is 0.598 e. The Morgan fingerprint density at radius 3 is 2.33 bits per heavy atom. The van der Waals surface area contributed by atoms with Crippen LogP contribution in [0.3, 0.4) is 0 Å². The van der Waals surface area contributed by atoms with Crippen LogP contribution in [0.15, 0.2) is 22.7 Å². The zero-order chi connectivity index (χ0) is 24.8. The van der Waals surface area contributed by atoms with E-state index in [-0.39, 0.29) is 23.4 Å². The van der Waals surface area contributed by atoms with E-state index < -0.39 is 27.2 Å². The molecule has 7 atom stereocenters. The quantitative estimate of drug-likeness (QED) is 0.474. The predicted octanol–water partition coefficient (Wildman–Crippen LogP) is 5.64. The van der Waals surface area contributed by atoms with Crippen molar-refractivity contribution in [2.45, 2.75) is 89.7 Å². The van der Waals surface area contributed by atoms with Gasteiger partial charge in [-0.15, -0.1) is 4.72 Å². The van der Waals surface area contributed by atoms with Gasteiger partial charge in [0.2, 0.25) is 0 Å². The Hall–Kier alpha value is -0.620. The monoisotopic (exact) mass is 538 g/mol. The van der Waals surface area contributed by atoms with Crippen molar-refractivity contribution >= 4 is 27.3 Å². The molecule has 1 aromatic rings. The second-order valence-corrected chi connectivity index (χ2v) is 14.0. The molecule has 7 heteroatoms. The van der Waals surface area contributed by atoms with Gasteiger partial charge in [-0.2, -0.15) is 5.26 Å². The lowest BCUT2D eigenvalue weighted by Crippen LogP contribution is -2.70. The van der Waals surface area contributed by atoms with Crippen molar-refractivity contribution in [3.8, 4) is 6.07 Å². The van der Waals surface area contributed by atoms with Crippen LogP contribution in [-0.4, -0.2) is 34.7 Å². The Balaban J connectivity index is 2.36. The maximum Gasteiger partial charge on any atom is 0.178 e. The third kappa shape index (κ3) is 4.30. The minimum Gasteiger partial charge on any atom is -0.598 e. The van der Waals surface area contributed by atoms with Crippen molar-refractivity contribution in [2.75, 3.05) is 13.7 Å². The smallest absolute Gasteiger partial charge is 0.178 e. The number of fused-ring (bicyclic) bond motifs is 1. The summed E-state index contributed by atoms with van der Waals surface area (Å²) in [5.41, 5.74) is -0.336. The van der Waals surface area contributed by atoms with Gasteiger partial charge in [0, 0.05) is 35.0 Å². The fourth-order valence-electron chi connectivity index (χ4n) is 6.69. The van der Waals surface area contributed by atoms with E-state index in [9.17, 15) is 9.81 Å². The number of nitrogens with zero attached hydrogens (tertiary/aromatic N) is 1. The number of methoxy groups -OCH3 is 1. The molecule has 0 aromatic heterocycles. The number of halogens is 1. The van der Waals surface area contributed by atoms with E-state index in [4.69, 9.17) is 9.47 Å². The molecule has 1 aromatic carbocycles. The summed E-state index contributed by atoms with van der Waals surface area (Å²) in [6.45, 7) is 14.5. The predicted molar refractivity (Wildman–Crippen MR) is 137 cm³/mol. The third-order valence-corrected chi connectivity index (χ3v) is 9.88. The summed E-state index contributed by atoms with van der Waals surface area (Å²) in [6.07, 6.45) is 2.65. The molecule has 0 radical (unpaired) electrons. The van der Waals surface area contributed by atoms with Crippen LogP contribution in [0.1, 0.15) is 72.4 Å². The van der Waals surface area contributed by atoms with Crippen molar-refractivity contribution in [3.05, 3.63) is 33.8 Å². The summed E-state index contributed by atoms with van der Waals surface area (Å²) < 4.78 is 30.0. The van der Waals surface area contributed by atoms with Crippen LogP contribution in [0.5, 0.6) is 0 Å². The molecule has 3 rings (SSSR count). The van der Waals surface area contributed by atoms with E-state index in [1.807, 2.05) is 34.6 Å². The Morgan fingerprint density at radius 2 is 1.85 bits per heavy atom. The highest BCUT2D eigenvalue weighted by Crippen LogP contribution is 2.64. The Labute approximate surface area is 211 Å². The van der Waals surface area contributed by atoms with Gasteiger partial charge in [-0.1, -0.05) is 35.8 Å². The minimum atomic E-state index is -1.42. The number of hydrogen-bond donors (Lipinski definition) is 1. The van der Waals surface area contributed by atoms with E-state index in [1.54, 1.807) is 7.11 Å². The molecule has 2 aliphatic rings. The molecule has 1 saturated carbocycles. The van der Waals surface area contributed by atoms with Crippen LogP contribution in [0.25, 0.3) is 0 Å². The summed E-state index contributed by atoms with van der Waals surface area (Å²) in [5.74, 6) is 0.565. The molecule has 0 heterocycles. The van der Waals surface area contributed by atoms with Crippen molar-refractivity contribution < 1.29 is 14.0 Å². The standard InChI is InChI=1S/C26H39BrN2O3S/c1-9-32-24(7,16-28)26(29-33(30)23(4,5)6)21-12-20(27)11-10-19(21)15-25(26)13-17(2)22(31-8)18(3)14-25/h10-12,17-18,22,29H,9,13-15H2,1-8H3/t17-,18+,22+,24?,25+,26-,33?/m1/s1. The molecule has 5 nitrogen and oxygen atoms in total. The van der Waals surface area contributed by atoms with Crippen LogP contribution >= 0.6 is 15.9 Å². The van der Waals surface area contributed by atoms with Gasteiger partial charge in [0.25, 0.3) is 0 Å². The van der Waals surface area contributed by atoms with Gasteiger partial charge >= 0.3 is 0 Å². The maximum atomic E-state index is 13.8. The lowest BCUT2D eigenvalue weighted by atomic mass is 9.53. The first-order chi connectivity index (χ1) is 15.3. The second-order valence-electron chi connectivity index (χ2n) is 11.1. The Kier molecular flexibility index (Phi) is 7.72. The average molecular weight is 540 g/mol. The van der Waals surface area contributed by atoms with Crippen molar-refractivity contribution in [3.63, 3.8) is 0 Å². The summed E-state index contributed by atoms with van der Waals surface area (Å²) in [6, 6.07) is 8.84. The van der Waals surface area contributed by atoms with Gasteiger partial charge < -0.3 is 14.0 Å². The summed E-state index contributed by atoms with van der Waals surface area (Å²) in [7, 11) is 1.79. The number of nitriles is 1. The number of benzene rings is 1. The molecule has 2 unspecified atom stereocenters. The van der Waals surface area contributed by atoms with Gasteiger partial charge in [-0.25, -0.2) is 0 Å². The number of ether oxygens (including phenoxy) is 2. The maximum absolute atomic E-state index is 13.8. The molecule has 33 heavy (non-hydrogen) atoms. The molecule has 1 N–H and O–H groups in total. The summed E-state index contributed by atoms with van der Waals surface area (Å²) >= 11 is 2.24. The van der Waals surface area contributed by atoms with E-state index in [0.717, 1.165) is 29.3 Å². The minimum absolute atomic E-state index is 0.150. The molecule has 1 fully saturated rings. The van der Waals surface area contributed by atoms with Crippen LogP contribution in [-0.2, 0) is 32.8 Å². The van der Waals surface area contributed by atoms with Gasteiger partial charge in [0.05, 0.1) is 12.2 Å². The number of hydrogen-bond acceptors (Lipinski definition) is 5. The molecular weight excluding hydrogens is 500 g/mol. The van der Waals surface area contributed by atoms with E-state index in [2.05, 4.69) is 58.8 Å². The summed E-state index contributed by atoms with van der Waals surface area (Å²) in [5, 5.41) is 10.6. The lowest BCUT2D eigenvalue weighted by molar-refractivity contribution is -0.141. The lowest BCUT2D eigenvalue weighted by Gasteiger charge is -2.57. The Morgan fingerprint density at radius 1 is 1.24 bits per heavy atom. The zero-order valence-electron chi connectivity index (χ0n) is 21.3. The van der Waals surface area contributed by atoms with Crippen LogP contribution in [0.4, 0.5) is 0 Å². The van der Waals surface area contributed by atoms with Gasteiger partial charge in [0.15, 0.2) is 5.60 Å². The van der Waals surface area contributed by atoms with Crippen molar-refractivity contribution in [1.82, 2.24) is 4.72 Å². The van der Waals surface area contributed by atoms with Gasteiger partial charge in [0.1, 0.15) is 10.3 Å². The zero-order valence-corrected chi connectivity index (χ0v) is 23.7. The molecule has 0 bridgehead atoms. The molecule has 0 amide bonds. The van der Waals surface area contributed by atoms with Crippen molar-refractivity contribution in [2.24, 2.45) is 17.3 Å². The van der Waals surface area contributed by atoms with E-state index >= 15 is 0 Å². The normalized spacial score (nSPS) is 34.5. The molecule has 0 aliphatic heterocycles. The molecule has 2 aliphatic carbocycles. The number of nitrogens with one attached hydrogen (secondary N) is 1. The first-order valence-electron chi connectivity index (χ1n) is 11.9. The molecule has 184 valence electrons. The van der Waals surface area contributed by atoms with Crippen molar-refractivity contribution in [1.29, 1.82) is 5.26 Å². The van der Waals surface area contributed by atoms with Gasteiger partial charge in [-0.3, -0.25) is 0 Å². The van der Waals surface area contributed by atoms with E-state index in [0.29, 0.717) is 6.61 Å². The average Bonchev–Trinajstić information content (AvgIpc) is 2.96.